The molecule has 250 valence electrons. The zero-order valence-electron chi connectivity index (χ0n) is 31.6. The fraction of sp³-hybridized carbons (Fsp3) is 0.298. The Balaban J connectivity index is 1.54. The van der Waals surface area contributed by atoms with Crippen LogP contribution < -0.4 is 0 Å². The molecule has 0 unspecified atom stereocenters. The third-order valence-electron chi connectivity index (χ3n) is 10.5. The molecule has 2 heteroatoms. The highest BCUT2D eigenvalue weighted by Gasteiger charge is 2.22. The number of aromatic nitrogens is 1. The van der Waals surface area contributed by atoms with Crippen molar-refractivity contribution >= 4 is 17.4 Å². The third kappa shape index (κ3) is 6.92. The molecule has 0 saturated carbocycles. The van der Waals surface area contributed by atoms with Crippen LogP contribution in [0.4, 0.5) is 0 Å². The number of benzene rings is 4. The summed E-state index contributed by atoms with van der Waals surface area (Å²) in [4.78, 5) is 9.20. The van der Waals surface area contributed by atoms with Crippen LogP contribution in [-0.4, -0.2) is 10.7 Å². The number of nitrogens with zero attached hydrogens (tertiary/aromatic N) is 1. The molecule has 4 aromatic carbocycles. The van der Waals surface area contributed by atoms with E-state index in [2.05, 4.69) is 179 Å². The molecule has 49 heavy (non-hydrogen) atoms. The van der Waals surface area contributed by atoms with E-state index >= 15 is 0 Å². The van der Waals surface area contributed by atoms with Gasteiger partial charge in [-0.25, -0.2) is 4.99 Å². The van der Waals surface area contributed by atoms with Gasteiger partial charge < -0.3 is 4.98 Å². The summed E-state index contributed by atoms with van der Waals surface area (Å²) >= 11 is 0. The van der Waals surface area contributed by atoms with Crippen molar-refractivity contribution in [3.63, 3.8) is 0 Å². The summed E-state index contributed by atoms with van der Waals surface area (Å²) < 4.78 is 0. The minimum Gasteiger partial charge on any atom is -0.354 e. The Morgan fingerprint density at radius 3 is 1.45 bits per heavy atom. The second-order valence-corrected chi connectivity index (χ2v) is 16.2. The van der Waals surface area contributed by atoms with Gasteiger partial charge >= 0.3 is 0 Å². The maximum Gasteiger partial charge on any atom is 0.0737 e. The fourth-order valence-corrected chi connectivity index (χ4v) is 6.71. The molecule has 1 aromatic heterocycles. The molecule has 0 fully saturated rings. The topological polar surface area (TPSA) is 28.1 Å². The lowest BCUT2D eigenvalue weighted by atomic mass is 9.86. The van der Waals surface area contributed by atoms with Crippen LogP contribution in [0.1, 0.15) is 103 Å². The van der Waals surface area contributed by atoms with Gasteiger partial charge in [-0.05, 0) is 132 Å². The van der Waals surface area contributed by atoms with Gasteiger partial charge in [-0.3, -0.25) is 0 Å². The SMILES string of the molecule is Cc1cc(C2=CC(c3ccc(C(C)(C)C)cc3)=N/C2=C\c2[nH]c(-c3ccc(C(C)(C)C)cc3)cc2-c2cc(C)c(C)c(C)c2)cc(C)c1C. The van der Waals surface area contributed by atoms with Crippen LogP contribution in [0, 0.1) is 41.5 Å². The zero-order chi connectivity index (χ0) is 35.4. The van der Waals surface area contributed by atoms with Crippen LogP contribution in [0.2, 0.25) is 0 Å². The molecule has 0 amide bonds. The summed E-state index contributed by atoms with van der Waals surface area (Å²) in [5.74, 6) is 0. The zero-order valence-corrected chi connectivity index (χ0v) is 31.6. The number of H-pyrrole nitrogens is 1. The minimum absolute atomic E-state index is 0.0977. The van der Waals surface area contributed by atoms with Crippen molar-refractivity contribution < 1.29 is 0 Å². The average Bonchev–Trinajstić information content (AvgIpc) is 3.66. The first-order chi connectivity index (χ1) is 23.0. The fourth-order valence-electron chi connectivity index (χ4n) is 6.71. The molecule has 5 aromatic rings. The normalized spacial score (nSPS) is 14.4. The van der Waals surface area contributed by atoms with E-state index in [1.54, 1.807) is 0 Å². The van der Waals surface area contributed by atoms with E-state index in [1.807, 2.05) is 0 Å². The number of hydrogen-bond acceptors (Lipinski definition) is 1. The molecule has 6 rings (SSSR count). The number of rotatable bonds is 5. The Hall–Kier alpha value is -4.69. The van der Waals surface area contributed by atoms with Crippen LogP contribution in [0.5, 0.6) is 0 Å². The molecule has 0 saturated heterocycles. The monoisotopic (exact) mass is 644 g/mol. The van der Waals surface area contributed by atoms with E-state index in [0.29, 0.717) is 0 Å². The summed E-state index contributed by atoms with van der Waals surface area (Å²) in [5.41, 5.74) is 21.9. The van der Waals surface area contributed by atoms with E-state index < -0.39 is 0 Å². The van der Waals surface area contributed by atoms with Crippen LogP contribution in [0.25, 0.3) is 34.0 Å². The molecular weight excluding hydrogens is 593 g/mol. The van der Waals surface area contributed by atoms with Crippen molar-refractivity contribution in [1.29, 1.82) is 0 Å². The van der Waals surface area contributed by atoms with Gasteiger partial charge in [0.05, 0.1) is 11.4 Å². The lowest BCUT2D eigenvalue weighted by Crippen LogP contribution is -2.11. The Labute approximate surface area is 294 Å². The molecule has 2 heterocycles. The standard InChI is InChI=1S/C47H52N2/c1-28-21-36(22-29(2)32(28)5)40-25-42(34-13-17-38(18-14-34)46(7,8)9)48-44(40)27-45-41(37-23-30(3)33(6)31(4)24-37)26-43(49-45)35-15-19-39(20-16-35)47(10,11)12/h13-27,48H,1-12H3/b45-27-. The second-order valence-electron chi connectivity index (χ2n) is 16.2. The summed E-state index contributed by atoms with van der Waals surface area (Å²) in [5, 5.41) is 0. The van der Waals surface area contributed by atoms with Crippen molar-refractivity contribution in [2.75, 3.05) is 0 Å². The number of allylic oxidation sites excluding steroid dienone is 2. The predicted octanol–water partition coefficient (Wildman–Crippen LogP) is 12.7. The molecule has 0 aliphatic carbocycles. The lowest BCUT2D eigenvalue weighted by molar-refractivity contribution is 0.590. The number of nitrogens with one attached hydrogen (secondary N) is 1. The van der Waals surface area contributed by atoms with Gasteiger partial charge in [0.2, 0.25) is 0 Å². The maximum absolute atomic E-state index is 5.35. The molecule has 0 atom stereocenters. The largest absolute Gasteiger partial charge is 0.354 e. The maximum atomic E-state index is 5.35. The number of hydrogen-bond donors (Lipinski definition) is 1. The average molecular weight is 645 g/mol. The second kappa shape index (κ2) is 12.6. The van der Waals surface area contributed by atoms with Crippen LogP contribution >= 0.6 is 0 Å². The smallest absolute Gasteiger partial charge is 0.0737 e. The first kappa shape index (κ1) is 34.2. The number of aryl methyl sites for hydroxylation is 4. The van der Waals surface area contributed by atoms with Gasteiger partial charge in [0.15, 0.2) is 0 Å². The van der Waals surface area contributed by atoms with Crippen LogP contribution in [0.3, 0.4) is 0 Å². The molecule has 2 nitrogen and oxygen atoms in total. The van der Waals surface area contributed by atoms with Crippen molar-refractivity contribution in [2.45, 2.75) is 93.9 Å². The van der Waals surface area contributed by atoms with Crippen molar-refractivity contribution in [3.8, 4) is 22.4 Å². The van der Waals surface area contributed by atoms with E-state index in [9.17, 15) is 0 Å². The highest BCUT2D eigenvalue weighted by Crippen LogP contribution is 2.39. The van der Waals surface area contributed by atoms with Gasteiger partial charge in [0.25, 0.3) is 0 Å². The summed E-state index contributed by atoms with van der Waals surface area (Å²) in [6, 6.07) is 29.5. The Bertz CT molecular complexity index is 2100. The summed E-state index contributed by atoms with van der Waals surface area (Å²) in [6.45, 7) is 26.8. The van der Waals surface area contributed by atoms with Crippen molar-refractivity contribution in [3.05, 3.63) is 152 Å². The predicted molar refractivity (Wildman–Crippen MR) is 213 cm³/mol. The molecule has 1 aliphatic heterocycles. The highest BCUT2D eigenvalue weighted by atomic mass is 14.8. The van der Waals surface area contributed by atoms with E-state index in [4.69, 9.17) is 4.99 Å². The van der Waals surface area contributed by atoms with Crippen molar-refractivity contribution in [2.24, 2.45) is 4.99 Å². The molecule has 1 N–H and O–H groups in total. The summed E-state index contributed by atoms with van der Waals surface area (Å²) in [7, 11) is 0. The Morgan fingerprint density at radius 2 is 0.980 bits per heavy atom. The first-order valence-corrected chi connectivity index (χ1v) is 17.6. The molecule has 1 aliphatic rings. The molecule has 0 bridgehead atoms. The Kier molecular flexibility index (Phi) is 8.82. The highest BCUT2D eigenvalue weighted by molar-refractivity contribution is 6.18. The molecular formula is C47H52N2. The van der Waals surface area contributed by atoms with Gasteiger partial charge in [-0.2, -0.15) is 0 Å². The summed E-state index contributed by atoms with van der Waals surface area (Å²) in [6.07, 6.45) is 4.54. The van der Waals surface area contributed by atoms with Crippen LogP contribution in [-0.2, 0) is 10.8 Å². The quantitative estimate of drug-likeness (QED) is 0.197. The van der Waals surface area contributed by atoms with Gasteiger partial charge in [0.1, 0.15) is 0 Å². The number of aromatic amines is 1. The number of aliphatic imine (C=N–C) groups is 1. The lowest BCUT2D eigenvalue weighted by Gasteiger charge is -2.19. The Morgan fingerprint density at radius 1 is 0.531 bits per heavy atom. The van der Waals surface area contributed by atoms with Crippen molar-refractivity contribution in [1.82, 2.24) is 4.98 Å². The molecule has 0 spiro atoms. The van der Waals surface area contributed by atoms with Gasteiger partial charge in [0, 0.05) is 28.1 Å². The van der Waals surface area contributed by atoms with Crippen LogP contribution in [0.15, 0.2) is 95.6 Å². The van der Waals surface area contributed by atoms with Gasteiger partial charge in [-0.1, -0.05) is 114 Å². The minimum atomic E-state index is 0.0977. The third-order valence-corrected chi connectivity index (χ3v) is 10.5. The van der Waals surface area contributed by atoms with E-state index in [0.717, 1.165) is 33.9 Å². The first-order valence-electron chi connectivity index (χ1n) is 17.6. The van der Waals surface area contributed by atoms with E-state index in [1.165, 1.54) is 66.8 Å². The van der Waals surface area contributed by atoms with E-state index in [-0.39, 0.29) is 10.8 Å². The van der Waals surface area contributed by atoms with Gasteiger partial charge in [-0.15, -0.1) is 0 Å². The molecule has 0 radical (unpaired) electrons.